The summed E-state index contributed by atoms with van der Waals surface area (Å²) in [4.78, 5) is 16.0. The minimum absolute atomic E-state index is 0.0352. The Bertz CT molecular complexity index is 408. The quantitative estimate of drug-likeness (QED) is 0.871. The van der Waals surface area contributed by atoms with Crippen molar-refractivity contribution < 1.29 is 9.90 Å². The fourth-order valence-corrected chi connectivity index (χ4v) is 2.57. The van der Waals surface area contributed by atoms with E-state index in [9.17, 15) is 9.90 Å². The third kappa shape index (κ3) is 3.55. The van der Waals surface area contributed by atoms with E-state index < -0.39 is 0 Å². The summed E-state index contributed by atoms with van der Waals surface area (Å²) in [5.74, 6) is 0.0352. The predicted molar refractivity (Wildman–Crippen MR) is 74.8 cm³/mol. The van der Waals surface area contributed by atoms with Gasteiger partial charge in [0.1, 0.15) is 6.04 Å². The number of hydrogen-bond acceptors (Lipinski definition) is 3. The summed E-state index contributed by atoms with van der Waals surface area (Å²) in [6.45, 7) is 2.36. The fraction of sp³-hybridized carbons (Fsp3) is 0.533. The second kappa shape index (κ2) is 6.68. The first-order valence-electron chi connectivity index (χ1n) is 6.86. The maximum absolute atomic E-state index is 12.1. The molecule has 1 unspecified atom stereocenters. The molecule has 1 amide bonds. The third-order valence-electron chi connectivity index (χ3n) is 3.74. The van der Waals surface area contributed by atoms with E-state index in [2.05, 4.69) is 17.0 Å². The summed E-state index contributed by atoms with van der Waals surface area (Å²) in [5, 5.41) is 9.48. The van der Waals surface area contributed by atoms with Crippen LogP contribution in [0.4, 0.5) is 0 Å². The first-order chi connectivity index (χ1) is 9.22. The van der Waals surface area contributed by atoms with Crippen LogP contribution < -0.4 is 0 Å². The van der Waals surface area contributed by atoms with Gasteiger partial charge in [-0.2, -0.15) is 0 Å². The Labute approximate surface area is 114 Å². The Morgan fingerprint density at radius 1 is 1.26 bits per heavy atom. The van der Waals surface area contributed by atoms with Gasteiger partial charge in [-0.15, -0.1) is 0 Å². The van der Waals surface area contributed by atoms with Gasteiger partial charge < -0.3 is 10.0 Å². The highest BCUT2D eigenvalue weighted by molar-refractivity contribution is 5.82. The van der Waals surface area contributed by atoms with E-state index in [1.54, 1.807) is 4.90 Å². The molecule has 1 aromatic carbocycles. The Morgan fingerprint density at radius 2 is 2.00 bits per heavy atom. The number of carbonyl (C=O) groups excluding carboxylic acids is 1. The third-order valence-corrected chi connectivity index (χ3v) is 3.74. The van der Waals surface area contributed by atoms with Gasteiger partial charge in [0, 0.05) is 26.7 Å². The Kier molecular flexibility index (Phi) is 4.93. The molecule has 1 fully saturated rings. The van der Waals surface area contributed by atoms with Gasteiger partial charge in [0.15, 0.2) is 0 Å². The molecule has 0 bridgehead atoms. The highest BCUT2D eigenvalue weighted by Gasteiger charge is 2.29. The summed E-state index contributed by atoms with van der Waals surface area (Å²) in [6.07, 6.45) is 1.88. The van der Waals surface area contributed by atoms with Crippen molar-refractivity contribution in [3.05, 3.63) is 35.9 Å². The van der Waals surface area contributed by atoms with Crippen LogP contribution in [0.25, 0.3) is 0 Å². The molecule has 1 heterocycles. The van der Waals surface area contributed by atoms with Crippen molar-refractivity contribution in [2.45, 2.75) is 18.9 Å². The monoisotopic (exact) mass is 262 g/mol. The molecule has 1 aromatic rings. The second-order valence-electron chi connectivity index (χ2n) is 5.08. The summed E-state index contributed by atoms with van der Waals surface area (Å²) in [6, 6.07) is 9.88. The molecule has 104 valence electrons. The number of amides is 1. The highest BCUT2D eigenvalue weighted by atomic mass is 16.3. The zero-order chi connectivity index (χ0) is 13.7. The van der Waals surface area contributed by atoms with Crippen LogP contribution in [0.2, 0.25) is 0 Å². The largest absolute Gasteiger partial charge is 0.394 e. The van der Waals surface area contributed by atoms with Gasteiger partial charge >= 0.3 is 0 Å². The van der Waals surface area contributed by atoms with Crippen molar-refractivity contribution in [2.24, 2.45) is 0 Å². The number of benzene rings is 1. The first kappa shape index (κ1) is 14.0. The van der Waals surface area contributed by atoms with Gasteiger partial charge in [-0.05, 0) is 18.4 Å². The van der Waals surface area contributed by atoms with Crippen molar-refractivity contribution in [3.63, 3.8) is 0 Å². The summed E-state index contributed by atoms with van der Waals surface area (Å²) < 4.78 is 0. The topological polar surface area (TPSA) is 43.8 Å². The number of aliphatic hydroxyl groups excluding tert-OH is 1. The SMILES string of the molecule is CN1CCCN(CCc2ccccc2)C(CO)C1=O. The van der Waals surface area contributed by atoms with Gasteiger partial charge in [0.05, 0.1) is 6.61 Å². The fourth-order valence-electron chi connectivity index (χ4n) is 2.57. The second-order valence-corrected chi connectivity index (χ2v) is 5.08. The lowest BCUT2D eigenvalue weighted by Gasteiger charge is -2.28. The standard InChI is InChI=1S/C15H22N2O2/c1-16-9-5-10-17(14(12-18)15(16)19)11-8-13-6-3-2-4-7-13/h2-4,6-7,14,18H,5,8-12H2,1H3. The van der Waals surface area contributed by atoms with E-state index in [-0.39, 0.29) is 18.6 Å². The maximum Gasteiger partial charge on any atom is 0.242 e. The van der Waals surface area contributed by atoms with Crippen LogP contribution >= 0.6 is 0 Å². The Hall–Kier alpha value is -1.39. The number of hydrogen-bond donors (Lipinski definition) is 1. The van der Waals surface area contributed by atoms with Gasteiger partial charge in [-0.1, -0.05) is 30.3 Å². The lowest BCUT2D eigenvalue weighted by molar-refractivity contribution is -0.135. The van der Waals surface area contributed by atoms with E-state index in [4.69, 9.17) is 0 Å². The van der Waals surface area contributed by atoms with Crippen LogP contribution in [-0.2, 0) is 11.2 Å². The number of aliphatic hydroxyl groups is 1. The summed E-state index contributed by atoms with van der Waals surface area (Å²) >= 11 is 0. The van der Waals surface area contributed by atoms with E-state index in [1.165, 1.54) is 5.56 Å². The van der Waals surface area contributed by atoms with Crippen molar-refractivity contribution in [1.82, 2.24) is 9.80 Å². The normalized spacial score (nSPS) is 21.5. The molecule has 0 aromatic heterocycles. The molecule has 1 saturated heterocycles. The van der Waals surface area contributed by atoms with Crippen LogP contribution in [-0.4, -0.2) is 60.1 Å². The molecule has 1 atom stereocenters. The van der Waals surface area contributed by atoms with E-state index in [0.29, 0.717) is 0 Å². The van der Waals surface area contributed by atoms with Crippen molar-refractivity contribution in [2.75, 3.05) is 33.3 Å². The molecule has 19 heavy (non-hydrogen) atoms. The van der Waals surface area contributed by atoms with Crippen LogP contribution in [0.3, 0.4) is 0 Å². The molecule has 0 spiro atoms. The lowest BCUT2D eigenvalue weighted by Crippen LogP contribution is -2.47. The highest BCUT2D eigenvalue weighted by Crippen LogP contribution is 2.11. The zero-order valence-corrected chi connectivity index (χ0v) is 11.5. The molecular weight excluding hydrogens is 240 g/mol. The Morgan fingerprint density at radius 3 is 2.68 bits per heavy atom. The summed E-state index contributed by atoms with van der Waals surface area (Å²) in [5.41, 5.74) is 1.27. The number of carbonyl (C=O) groups is 1. The van der Waals surface area contributed by atoms with Crippen LogP contribution in [0, 0.1) is 0 Å². The van der Waals surface area contributed by atoms with Crippen molar-refractivity contribution >= 4 is 5.91 Å². The average molecular weight is 262 g/mol. The molecule has 1 aliphatic heterocycles. The number of likely N-dealkylation sites (N-methyl/N-ethyl adjacent to an activating group) is 1. The van der Waals surface area contributed by atoms with Gasteiger partial charge in [-0.3, -0.25) is 9.69 Å². The van der Waals surface area contributed by atoms with Crippen LogP contribution in [0.5, 0.6) is 0 Å². The molecular formula is C15H22N2O2. The van der Waals surface area contributed by atoms with E-state index in [0.717, 1.165) is 32.5 Å². The minimum atomic E-state index is -0.379. The van der Waals surface area contributed by atoms with E-state index in [1.807, 2.05) is 25.2 Å². The molecule has 1 N–H and O–H groups in total. The van der Waals surface area contributed by atoms with Crippen molar-refractivity contribution in [1.29, 1.82) is 0 Å². The summed E-state index contributed by atoms with van der Waals surface area (Å²) in [7, 11) is 1.81. The first-order valence-corrected chi connectivity index (χ1v) is 6.86. The molecule has 0 aliphatic carbocycles. The van der Waals surface area contributed by atoms with Crippen LogP contribution in [0.15, 0.2) is 30.3 Å². The Balaban J connectivity index is 1.99. The smallest absolute Gasteiger partial charge is 0.242 e. The number of nitrogens with zero attached hydrogens (tertiary/aromatic N) is 2. The molecule has 4 nitrogen and oxygen atoms in total. The van der Waals surface area contributed by atoms with Gasteiger partial charge in [-0.25, -0.2) is 0 Å². The van der Waals surface area contributed by atoms with Gasteiger partial charge in [0.2, 0.25) is 5.91 Å². The lowest BCUT2D eigenvalue weighted by atomic mass is 10.1. The average Bonchev–Trinajstić information content (AvgIpc) is 2.57. The molecule has 1 aliphatic rings. The maximum atomic E-state index is 12.1. The molecule has 0 saturated carbocycles. The predicted octanol–water partition coefficient (Wildman–Crippen LogP) is 0.754. The molecule has 2 rings (SSSR count). The molecule has 4 heteroatoms. The minimum Gasteiger partial charge on any atom is -0.394 e. The van der Waals surface area contributed by atoms with Gasteiger partial charge in [0.25, 0.3) is 0 Å². The zero-order valence-electron chi connectivity index (χ0n) is 11.5. The number of rotatable bonds is 4. The molecule has 0 radical (unpaired) electrons. The van der Waals surface area contributed by atoms with E-state index >= 15 is 0 Å². The van der Waals surface area contributed by atoms with Crippen LogP contribution in [0.1, 0.15) is 12.0 Å². The van der Waals surface area contributed by atoms with Crippen molar-refractivity contribution in [3.8, 4) is 0 Å².